The fourth-order valence-corrected chi connectivity index (χ4v) is 9.80. The highest BCUT2D eigenvalue weighted by Gasteiger charge is 2.48. The molecule has 8 bridgehead atoms. The van der Waals surface area contributed by atoms with E-state index < -0.39 is 39.2 Å². The van der Waals surface area contributed by atoms with E-state index in [-0.39, 0.29) is 55.5 Å². The van der Waals surface area contributed by atoms with Crippen molar-refractivity contribution in [3.8, 4) is 23.3 Å². The summed E-state index contributed by atoms with van der Waals surface area (Å²) in [6.07, 6.45) is 3.65. The largest absolute Gasteiger partial charge is 0.508 e. The van der Waals surface area contributed by atoms with Crippen molar-refractivity contribution in [2.45, 2.75) is 74.0 Å². The molecule has 0 spiro atoms. The predicted octanol–water partition coefficient (Wildman–Crippen LogP) is 4.41. The summed E-state index contributed by atoms with van der Waals surface area (Å²) in [4.78, 5) is 4.58. The molecule has 52 heavy (non-hydrogen) atoms. The second-order valence-electron chi connectivity index (χ2n) is 14.4. The molecule has 3 aromatic rings. The van der Waals surface area contributed by atoms with Crippen LogP contribution in [0.3, 0.4) is 0 Å². The minimum Gasteiger partial charge on any atom is -0.508 e. The third-order valence-electron chi connectivity index (χ3n) is 11.1. The molecule has 1 fully saturated rings. The number of phenolic OH excluding ortho intramolecular Hbond substituents is 1. The van der Waals surface area contributed by atoms with Gasteiger partial charge in [-0.1, -0.05) is 60.4 Å². The minimum absolute atomic E-state index is 0.0714. The quantitative estimate of drug-likeness (QED) is 0.0696. The summed E-state index contributed by atoms with van der Waals surface area (Å²) in [6, 6.07) is 19.9. The van der Waals surface area contributed by atoms with Crippen LogP contribution in [0.4, 0.5) is 0 Å². The highest BCUT2D eigenvalue weighted by atomic mass is 32.2. The number of nitrogens with two attached hydrogens (primary N) is 2. The lowest BCUT2D eigenvalue weighted by Gasteiger charge is -2.41. The van der Waals surface area contributed by atoms with Crippen molar-refractivity contribution in [2.24, 2.45) is 34.2 Å². The first-order valence-corrected chi connectivity index (χ1v) is 19.3. The van der Waals surface area contributed by atoms with Gasteiger partial charge in [-0.2, -0.15) is 8.42 Å². The van der Waals surface area contributed by atoms with Gasteiger partial charge in [0.2, 0.25) is 5.72 Å². The Morgan fingerprint density at radius 2 is 1.81 bits per heavy atom. The molecular weight excluding hydrogens is 683 g/mol. The number of phenols is 1. The molecule has 0 radical (unpaired) electrons. The van der Waals surface area contributed by atoms with Crippen molar-refractivity contribution >= 4 is 16.1 Å². The average Bonchev–Trinajstić information content (AvgIpc) is 3.20. The molecule has 274 valence electrons. The highest BCUT2D eigenvalue weighted by Crippen LogP contribution is 2.54. The third-order valence-corrected chi connectivity index (χ3v) is 12.5. The SMILES string of the molecule is NC(N)=NC1(CCCO)Oc2ccc(cc2)CCC(S(=O)(=O)O)C2C=C3CC(CC4OC3c3ccc(O)cc3C#CCC4CO)C2c2ccc1cc2. The normalized spacial score (nSPS) is 29.4. The molecule has 12 heteroatoms. The van der Waals surface area contributed by atoms with E-state index in [2.05, 4.69) is 16.8 Å². The maximum absolute atomic E-state index is 13.5. The molecule has 10 rings (SSSR count). The van der Waals surface area contributed by atoms with E-state index in [1.54, 1.807) is 30.3 Å². The molecule has 0 amide bonds. The molecular formula is C40H45N3O8S. The number of benzene rings is 3. The zero-order chi connectivity index (χ0) is 36.6. The molecule has 3 aromatic carbocycles. The summed E-state index contributed by atoms with van der Waals surface area (Å²) in [5.41, 5.74) is 15.2. The number of aliphatic imine (C=N–C) groups is 1. The number of rotatable bonds is 6. The molecule has 8 unspecified atom stereocenters. The van der Waals surface area contributed by atoms with Crippen LogP contribution in [-0.4, -0.2) is 58.8 Å². The number of aliphatic hydroxyl groups excluding tert-OH is 2. The lowest BCUT2D eigenvalue weighted by molar-refractivity contribution is -0.0416. The van der Waals surface area contributed by atoms with Gasteiger partial charge in [0, 0.05) is 54.6 Å². The van der Waals surface area contributed by atoms with Crippen LogP contribution in [0.25, 0.3) is 0 Å². The predicted molar refractivity (Wildman–Crippen MR) is 196 cm³/mol. The molecule has 6 aliphatic heterocycles. The number of aliphatic hydroxyl groups is 2. The fraction of sp³-hybridized carbons (Fsp3) is 0.425. The lowest BCUT2D eigenvalue weighted by Crippen LogP contribution is -2.39. The smallest absolute Gasteiger partial charge is 0.268 e. The summed E-state index contributed by atoms with van der Waals surface area (Å²) >= 11 is 0. The first-order valence-electron chi connectivity index (χ1n) is 17.8. The molecule has 7 aliphatic rings. The van der Waals surface area contributed by atoms with Crippen molar-refractivity contribution in [1.82, 2.24) is 0 Å². The Labute approximate surface area is 304 Å². The third kappa shape index (κ3) is 7.16. The van der Waals surface area contributed by atoms with Crippen molar-refractivity contribution in [3.05, 3.63) is 106 Å². The summed E-state index contributed by atoms with van der Waals surface area (Å²) < 4.78 is 51.4. The minimum atomic E-state index is -4.56. The van der Waals surface area contributed by atoms with Crippen molar-refractivity contribution in [1.29, 1.82) is 0 Å². The van der Waals surface area contributed by atoms with Gasteiger partial charge in [-0.05, 0) is 84.9 Å². The van der Waals surface area contributed by atoms with E-state index in [0.29, 0.717) is 49.0 Å². The standard InChI is InChI=1S/C40H45N3O8S/c41-39(42)43-40(17-2-18-44)30-10-8-25(9-11-30)37-28-19-29(21-34(37)36(52(47,48)49)16-7-24-5-13-32(51-40)14-6-24)38-33-15-12-31(46)20-26(33)3-1-4-27(23-45)35(22-28)50-38/h5-6,8-15,20-21,27-28,34-38,44-46H,2,4,7,16-19,22-23H2,(H4,41,42,43)(H,47,48,49). The summed E-state index contributed by atoms with van der Waals surface area (Å²) in [5.74, 6) is 5.34. The summed E-state index contributed by atoms with van der Waals surface area (Å²) in [5, 5.41) is 29.6. The summed E-state index contributed by atoms with van der Waals surface area (Å²) in [7, 11) is -4.56. The van der Waals surface area contributed by atoms with E-state index in [1.165, 1.54) is 0 Å². The molecule has 1 saturated heterocycles. The maximum Gasteiger partial charge on any atom is 0.268 e. The highest BCUT2D eigenvalue weighted by molar-refractivity contribution is 7.86. The molecule has 0 saturated carbocycles. The number of fused-ring (bicyclic) bond motifs is 7. The van der Waals surface area contributed by atoms with Gasteiger partial charge in [0.15, 0.2) is 5.96 Å². The number of ether oxygens (including phenoxy) is 2. The van der Waals surface area contributed by atoms with Gasteiger partial charge in [0.05, 0.1) is 11.4 Å². The second kappa shape index (κ2) is 14.6. The Morgan fingerprint density at radius 3 is 2.50 bits per heavy atom. The van der Waals surface area contributed by atoms with Crippen LogP contribution in [0.15, 0.2) is 83.4 Å². The van der Waals surface area contributed by atoms with Gasteiger partial charge >= 0.3 is 0 Å². The monoisotopic (exact) mass is 727 g/mol. The topological polar surface area (TPSA) is 198 Å². The molecule has 1 aliphatic carbocycles. The number of allylic oxidation sites excluding steroid dienone is 1. The number of guanidine groups is 1. The molecule has 11 nitrogen and oxygen atoms in total. The number of nitrogens with zero attached hydrogens (tertiary/aromatic N) is 1. The van der Waals surface area contributed by atoms with Crippen molar-refractivity contribution in [2.75, 3.05) is 13.2 Å². The second-order valence-corrected chi connectivity index (χ2v) is 16.1. The maximum atomic E-state index is 13.5. The Hall–Kier alpha value is -4.38. The Morgan fingerprint density at radius 1 is 1.04 bits per heavy atom. The van der Waals surface area contributed by atoms with Gasteiger partial charge in [-0.3, -0.25) is 4.55 Å². The van der Waals surface area contributed by atoms with Crippen LogP contribution in [0.5, 0.6) is 11.5 Å². The van der Waals surface area contributed by atoms with Crippen molar-refractivity contribution in [3.63, 3.8) is 0 Å². The number of aryl methyl sites for hydroxylation is 1. The molecule has 0 aromatic heterocycles. The van der Waals surface area contributed by atoms with Crippen LogP contribution < -0.4 is 16.2 Å². The van der Waals surface area contributed by atoms with Crippen LogP contribution in [0.1, 0.15) is 78.4 Å². The number of aromatic hydroxyl groups is 1. The fourth-order valence-electron chi connectivity index (χ4n) is 8.74. The van der Waals surface area contributed by atoms with Crippen LogP contribution >= 0.6 is 0 Å². The van der Waals surface area contributed by atoms with Crippen LogP contribution in [0, 0.1) is 29.6 Å². The van der Waals surface area contributed by atoms with Gasteiger partial charge < -0.3 is 36.3 Å². The molecule has 8 atom stereocenters. The van der Waals surface area contributed by atoms with Crippen LogP contribution in [-0.2, 0) is 27.0 Å². The van der Waals surface area contributed by atoms with E-state index >= 15 is 0 Å². The van der Waals surface area contributed by atoms with E-state index in [1.807, 2.05) is 42.5 Å². The number of hydrogen-bond acceptors (Lipinski definition) is 8. The van der Waals surface area contributed by atoms with Crippen molar-refractivity contribution < 1.29 is 37.8 Å². The van der Waals surface area contributed by atoms with Gasteiger partial charge in [0.25, 0.3) is 10.1 Å². The first-order chi connectivity index (χ1) is 25.0. The van der Waals surface area contributed by atoms with Gasteiger partial charge in [-0.15, -0.1) is 0 Å². The first kappa shape index (κ1) is 36.0. The Kier molecular flexibility index (Phi) is 10.1. The van der Waals surface area contributed by atoms with E-state index in [9.17, 15) is 28.3 Å². The zero-order valence-electron chi connectivity index (χ0n) is 28.8. The van der Waals surface area contributed by atoms with E-state index in [0.717, 1.165) is 22.3 Å². The van der Waals surface area contributed by atoms with E-state index in [4.69, 9.17) is 20.9 Å². The number of hydrogen-bond donors (Lipinski definition) is 6. The van der Waals surface area contributed by atoms with Gasteiger partial charge in [-0.25, -0.2) is 4.99 Å². The lowest BCUT2D eigenvalue weighted by atomic mass is 9.65. The average molecular weight is 728 g/mol. The Bertz CT molecular complexity index is 2020. The summed E-state index contributed by atoms with van der Waals surface area (Å²) in [6.45, 7) is -0.245. The van der Waals surface area contributed by atoms with Gasteiger partial charge in [0.1, 0.15) is 17.6 Å². The Balaban J connectivity index is 1.43. The molecule has 6 heterocycles. The molecule has 8 N–H and O–H groups in total. The zero-order valence-corrected chi connectivity index (χ0v) is 29.6. The van der Waals surface area contributed by atoms with Crippen LogP contribution in [0.2, 0.25) is 0 Å².